The van der Waals surface area contributed by atoms with Gasteiger partial charge in [0, 0.05) is 20.1 Å². The van der Waals surface area contributed by atoms with E-state index in [4.69, 9.17) is 28.4 Å². The number of hydrogen-bond donors (Lipinski definition) is 0. The first-order valence-corrected chi connectivity index (χ1v) is 10.2. The molecule has 0 aromatic heterocycles. The van der Waals surface area contributed by atoms with Crippen LogP contribution in [0, 0.1) is 17.8 Å². The third-order valence-electron chi connectivity index (χ3n) is 7.86. The van der Waals surface area contributed by atoms with E-state index in [1.54, 1.807) is 14.2 Å². The van der Waals surface area contributed by atoms with Gasteiger partial charge in [0.1, 0.15) is 24.8 Å². The number of hydrogen-bond acceptors (Lipinski definition) is 6. The van der Waals surface area contributed by atoms with E-state index in [0.29, 0.717) is 43.5 Å². The zero-order valence-corrected chi connectivity index (χ0v) is 16.1. The quantitative estimate of drug-likeness (QED) is 0.530. The molecule has 6 nitrogen and oxygen atoms in total. The third-order valence-corrected chi connectivity index (χ3v) is 7.86. The minimum Gasteiger partial charge on any atom is -0.363 e. The molecule has 5 aliphatic rings. The van der Waals surface area contributed by atoms with Crippen LogP contribution in [0.15, 0.2) is 0 Å². The zero-order valence-electron chi connectivity index (χ0n) is 16.1. The fraction of sp³-hybridized carbons (Fsp3) is 1.00. The van der Waals surface area contributed by atoms with E-state index in [1.807, 2.05) is 0 Å². The molecule has 26 heavy (non-hydrogen) atoms. The summed E-state index contributed by atoms with van der Waals surface area (Å²) in [4.78, 5) is 0. The number of rotatable bonds is 6. The Labute approximate surface area is 155 Å². The molecule has 7 unspecified atom stereocenters. The third kappa shape index (κ3) is 2.53. The predicted molar refractivity (Wildman–Crippen MR) is 92.6 cm³/mol. The number of ether oxygens (including phenoxy) is 6. The summed E-state index contributed by atoms with van der Waals surface area (Å²) in [6.45, 7) is 2.94. The Hall–Kier alpha value is -0.240. The summed E-state index contributed by atoms with van der Waals surface area (Å²) in [5, 5.41) is 0. The summed E-state index contributed by atoms with van der Waals surface area (Å²) >= 11 is 0. The molecule has 2 heterocycles. The molecule has 0 aromatic rings. The van der Waals surface area contributed by atoms with E-state index in [-0.39, 0.29) is 23.4 Å². The van der Waals surface area contributed by atoms with E-state index in [9.17, 15) is 0 Å². The lowest BCUT2D eigenvalue weighted by Crippen LogP contribution is -2.53. The fourth-order valence-corrected chi connectivity index (χ4v) is 6.54. The maximum atomic E-state index is 6.39. The van der Waals surface area contributed by atoms with Gasteiger partial charge in [0.05, 0.1) is 24.4 Å². The lowest BCUT2D eigenvalue weighted by Gasteiger charge is -2.47. The van der Waals surface area contributed by atoms with Gasteiger partial charge in [-0.15, -0.1) is 0 Å². The zero-order chi connectivity index (χ0) is 17.9. The van der Waals surface area contributed by atoms with Crippen LogP contribution in [-0.4, -0.2) is 63.4 Å². The van der Waals surface area contributed by atoms with E-state index < -0.39 is 0 Å². The Kier molecular flexibility index (Phi) is 4.38. The van der Waals surface area contributed by atoms with Crippen LogP contribution >= 0.6 is 0 Å². The highest BCUT2D eigenvalue weighted by Gasteiger charge is 2.81. The molecule has 6 heteroatoms. The highest BCUT2D eigenvalue weighted by Crippen LogP contribution is 2.68. The summed E-state index contributed by atoms with van der Waals surface area (Å²) in [6, 6.07) is 0. The Morgan fingerprint density at radius 3 is 2.50 bits per heavy atom. The van der Waals surface area contributed by atoms with Crippen LogP contribution in [-0.2, 0) is 28.4 Å². The molecule has 2 bridgehead atoms. The van der Waals surface area contributed by atoms with Crippen molar-refractivity contribution in [2.45, 2.75) is 81.1 Å². The summed E-state index contributed by atoms with van der Waals surface area (Å²) in [6.07, 6.45) is 7.70. The topological polar surface area (TPSA) is 62.0 Å². The molecular weight excluding hydrogens is 336 g/mol. The molecule has 5 fully saturated rings. The molecule has 0 radical (unpaired) electrons. The lowest BCUT2D eigenvalue weighted by atomic mass is 9.61. The van der Waals surface area contributed by atoms with Crippen LogP contribution in [0.2, 0.25) is 0 Å². The van der Waals surface area contributed by atoms with Gasteiger partial charge in [0.15, 0.2) is 0 Å². The second kappa shape index (κ2) is 6.39. The highest BCUT2D eigenvalue weighted by molar-refractivity contribution is 5.28. The lowest BCUT2D eigenvalue weighted by molar-refractivity contribution is -0.185. The molecule has 0 amide bonds. The van der Waals surface area contributed by atoms with Gasteiger partial charge in [0.25, 0.3) is 0 Å². The summed E-state index contributed by atoms with van der Waals surface area (Å²) < 4.78 is 35.5. The number of epoxide rings is 2. The second-order valence-corrected chi connectivity index (χ2v) is 9.06. The van der Waals surface area contributed by atoms with Gasteiger partial charge in [-0.2, -0.15) is 0 Å². The summed E-state index contributed by atoms with van der Waals surface area (Å²) in [5.41, 5.74) is -0.131. The van der Waals surface area contributed by atoms with Crippen LogP contribution in [0.5, 0.6) is 0 Å². The van der Waals surface area contributed by atoms with Crippen LogP contribution < -0.4 is 0 Å². The van der Waals surface area contributed by atoms with Gasteiger partial charge >= 0.3 is 0 Å². The standard InChI is InChI=1S/C20H32O6/c1-19-15(25-19)8-13-9-20(19)16(26-20)7-12-5-4-6-14(23-10-21-2)17(12)18(13)24-11-22-3/h12-18H,4-11H2,1-3H3/t12?,13?,14?,15?,16?,17?,18?,19-,20+/m1/s1. The predicted octanol–water partition coefficient (Wildman–Crippen LogP) is 2.49. The Morgan fingerprint density at radius 2 is 1.69 bits per heavy atom. The van der Waals surface area contributed by atoms with E-state index in [0.717, 1.165) is 25.7 Å². The minimum atomic E-state index is -0.0689. The first-order chi connectivity index (χ1) is 12.6. The maximum absolute atomic E-state index is 6.39. The molecule has 2 saturated heterocycles. The average molecular weight is 368 g/mol. The van der Waals surface area contributed by atoms with Gasteiger partial charge in [-0.05, 0) is 50.9 Å². The van der Waals surface area contributed by atoms with Crippen molar-refractivity contribution in [1.29, 1.82) is 0 Å². The molecule has 9 atom stereocenters. The first kappa shape index (κ1) is 17.8. The van der Waals surface area contributed by atoms with E-state index >= 15 is 0 Å². The molecular formula is C20H32O6. The van der Waals surface area contributed by atoms with Gasteiger partial charge in [-0.1, -0.05) is 6.42 Å². The Bertz CT molecular complexity index is 542. The van der Waals surface area contributed by atoms with Crippen molar-refractivity contribution in [2.75, 3.05) is 27.8 Å². The summed E-state index contributed by atoms with van der Waals surface area (Å²) in [7, 11) is 3.39. The Morgan fingerprint density at radius 1 is 0.923 bits per heavy atom. The van der Waals surface area contributed by atoms with E-state index in [1.165, 1.54) is 12.8 Å². The smallest absolute Gasteiger partial charge is 0.146 e. The largest absolute Gasteiger partial charge is 0.363 e. The maximum Gasteiger partial charge on any atom is 0.146 e. The fourth-order valence-electron chi connectivity index (χ4n) is 6.54. The van der Waals surface area contributed by atoms with Gasteiger partial charge in [-0.3, -0.25) is 0 Å². The molecule has 1 spiro atoms. The average Bonchev–Trinajstić information content (AvgIpc) is 3.50. The SMILES string of the molecule is COCOC1CCCC2CC3O[C@@]34CC(CC3O[C@]34C)C(OCOC)C21. The van der Waals surface area contributed by atoms with Crippen LogP contribution in [0.4, 0.5) is 0 Å². The normalized spacial score (nSPS) is 54.3. The van der Waals surface area contributed by atoms with Crippen molar-refractivity contribution in [3.05, 3.63) is 0 Å². The van der Waals surface area contributed by atoms with Crippen molar-refractivity contribution < 1.29 is 28.4 Å². The Balaban J connectivity index is 1.45. The molecule has 2 aliphatic heterocycles. The van der Waals surface area contributed by atoms with Crippen LogP contribution in [0.1, 0.15) is 45.4 Å². The van der Waals surface area contributed by atoms with Gasteiger partial charge in [-0.25, -0.2) is 0 Å². The van der Waals surface area contributed by atoms with Gasteiger partial charge in [0.2, 0.25) is 0 Å². The molecule has 3 aliphatic carbocycles. The van der Waals surface area contributed by atoms with Crippen molar-refractivity contribution in [3.8, 4) is 0 Å². The van der Waals surface area contributed by atoms with Crippen LogP contribution in [0.3, 0.4) is 0 Å². The summed E-state index contributed by atoms with van der Waals surface area (Å²) in [5.74, 6) is 1.39. The molecule has 5 rings (SSSR count). The minimum absolute atomic E-state index is 0.0621. The van der Waals surface area contributed by atoms with Gasteiger partial charge < -0.3 is 28.4 Å². The van der Waals surface area contributed by atoms with Crippen molar-refractivity contribution >= 4 is 0 Å². The van der Waals surface area contributed by atoms with Crippen molar-refractivity contribution in [3.63, 3.8) is 0 Å². The molecule has 148 valence electrons. The number of fused-ring (bicyclic) bond motifs is 3. The van der Waals surface area contributed by atoms with E-state index in [2.05, 4.69) is 6.92 Å². The van der Waals surface area contributed by atoms with Crippen LogP contribution in [0.25, 0.3) is 0 Å². The first-order valence-electron chi connectivity index (χ1n) is 10.2. The molecule has 0 N–H and O–H groups in total. The molecule has 3 saturated carbocycles. The highest BCUT2D eigenvalue weighted by atomic mass is 16.7. The second-order valence-electron chi connectivity index (χ2n) is 9.06. The molecule has 0 aromatic carbocycles. The number of methoxy groups -OCH3 is 2. The van der Waals surface area contributed by atoms with Crippen molar-refractivity contribution in [1.82, 2.24) is 0 Å². The van der Waals surface area contributed by atoms with Crippen molar-refractivity contribution in [2.24, 2.45) is 17.8 Å². The monoisotopic (exact) mass is 368 g/mol.